The fourth-order valence-corrected chi connectivity index (χ4v) is 2.13. The highest BCUT2D eigenvalue weighted by Gasteiger charge is 1.97. The Balaban J connectivity index is 0. The molecule has 0 aromatic heterocycles. The van der Waals surface area contributed by atoms with Gasteiger partial charge in [-0.3, -0.25) is 4.79 Å². The van der Waals surface area contributed by atoms with Gasteiger partial charge in [-0.15, -0.1) is 0 Å². The predicted molar refractivity (Wildman–Crippen MR) is 115 cm³/mol. The van der Waals surface area contributed by atoms with Gasteiger partial charge in [0, 0.05) is 13.0 Å². The van der Waals surface area contributed by atoms with Crippen LogP contribution < -0.4 is 5.32 Å². The lowest BCUT2D eigenvalue weighted by molar-refractivity contribution is -0.121. The molecule has 1 amide bonds. The Morgan fingerprint density at radius 2 is 1.46 bits per heavy atom. The van der Waals surface area contributed by atoms with E-state index >= 15 is 0 Å². The lowest BCUT2D eigenvalue weighted by Crippen LogP contribution is -2.25. The van der Waals surface area contributed by atoms with E-state index in [1.165, 1.54) is 32.1 Å². The van der Waals surface area contributed by atoms with Crippen LogP contribution in [0.4, 0.5) is 0 Å². The molecule has 0 aliphatic rings. The summed E-state index contributed by atoms with van der Waals surface area (Å²) in [6.07, 6.45) is 25.6. The zero-order valence-electron chi connectivity index (χ0n) is 17.5. The zero-order valence-corrected chi connectivity index (χ0v) is 17.5. The van der Waals surface area contributed by atoms with Crippen molar-refractivity contribution in [3.8, 4) is 0 Å². The van der Waals surface area contributed by atoms with E-state index in [1.807, 2.05) is 0 Å². The van der Waals surface area contributed by atoms with Crippen molar-refractivity contribution in [2.24, 2.45) is 0 Å². The van der Waals surface area contributed by atoms with Crippen LogP contribution >= 0.6 is 0 Å². The van der Waals surface area contributed by atoms with Gasteiger partial charge >= 0.3 is 0 Å². The monoisotopic (exact) mass is 365 g/mol. The third-order valence-corrected chi connectivity index (χ3v) is 3.65. The van der Waals surface area contributed by atoms with E-state index in [2.05, 4.69) is 62.5 Å². The molecule has 0 rings (SSSR count). The van der Waals surface area contributed by atoms with Crippen LogP contribution in [0.5, 0.6) is 0 Å². The van der Waals surface area contributed by atoms with Gasteiger partial charge in [-0.1, -0.05) is 76.5 Å². The highest BCUT2D eigenvalue weighted by molar-refractivity contribution is 5.75. The maximum atomic E-state index is 11.0. The molecule has 0 bridgehead atoms. The number of allylic oxidation sites excluding steroid dienone is 6. The van der Waals surface area contributed by atoms with Crippen LogP contribution in [-0.4, -0.2) is 24.2 Å². The topological polar surface area (TPSA) is 49.3 Å². The summed E-state index contributed by atoms with van der Waals surface area (Å²) >= 11 is 0. The van der Waals surface area contributed by atoms with E-state index in [9.17, 15) is 4.79 Å². The van der Waals surface area contributed by atoms with E-state index in [4.69, 9.17) is 5.11 Å². The Morgan fingerprint density at radius 1 is 0.808 bits per heavy atom. The molecule has 0 fully saturated rings. The van der Waals surface area contributed by atoms with Crippen LogP contribution in [-0.2, 0) is 4.79 Å². The molecule has 0 radical (unpaired) electrons. The molecule has 0 aromatic carbocycles. The molecule has 26 heavy (non-hydrogen) atoms. The number of hydrogen-bond donors (Lipinski definition) is 2. The molecule has 0 aliphatic heterocycles. The SMILES string of the molecule is CC/C=C\C/C=C\CCCCC.CCC/C=C\CCCC(=O)NCCO. The highest BCUT2D eigenvalue weighted by atomic mass is 16.3. The molecule has 3 heteroatoms. The van der Waals surface area contributed by atoms with Gasteiger partial charge in [-0.25, -0.2) is 0 Å². The molecule has 2 N–H and O–H groups in total. The lowest BCUT2D eigenvalue weighted by Gasteiger charge is -2.00. The standard InChI is InChI=1S/C12H22.C11H21NO2/c1-3-5-7-9-11-12-10-8-6-4-2;1-2-3-4-5-6-7-8-11(14)12-9-10-13/h5,7,11-12H,3-4,6,8-10H2,1-2H3;4-5,13H,2-3,6-10H2,1H3,(H,12,14)/b7-5-,12-11-;5-4-. The van der Waals surface area contributed by atoms with E-state index < -0.39 is 0 Å². The second kappa shape index (κ2) is 25.9. The minimum Gasteiger partial charge on any atom is -0.395 e. The minimum absolute atomic E-state index is 0.0160. The van der Waals surface area contributed by atoms with Crippen LogP contribution in [0.1, 0.15) is 91.4 Å². The summed E-state index contributed by atoms with van der Waals surface area (Å²) in [7, 11) is 0. The van der Waals surface area contributed by atoms with E-state index in [0.717, 1.165) is 32.1 Å². The Kier molecular flexibility index (Phi) is 26.8. The number of aliphatic hydroxyl groups excluding tert-OH is 1. The number of hydrogen-bond acceptors (Lipinski definition) is 2. The quantitative estimate of drug-likeness (QED) is 0.272. The Hall–Kier alpha value is -1.35. The molecule has 0 saturated heterocycles. The van der Waals surface area contributed by atoms with Crippen LogP contribution in [0.2, 0.25) is 0 Å². The van der Waals surface area contributed by atoms with Crippen LogP contribution in [0.15, 0.2) is 36.5 Å². The van der Waals surface area contributed by atoms with Crippen molar-refractivity contribution in [3.63, 3.8) is 0 Å². The Bertz CT molecular complexity index is 359. The first-order valence-electron chi connectivity index (χ1n) is 10.5. The Labute approximate surface area is 162 Å². The summed E-state index contributed by atoms with van der Waals surface area (Å²) in [6.45, 7) is 6.94. The van der Waals surface area contributed by atoms with Crippen molar-refractivity contribution < 1.29 is 9.90 Å². The number of carbonyl (C=O) groups excluding carboxylic acids is 1. The number of aliphatic hydroxyl groups is 1. The largest absolute Gasteiger partial charge is 0.395 e. The Morgan fingerprint density at radius 3 is 2.12 bits per heavy atom. The summed E-state index contributed by atoms with van der Waals surface area (Å²) < 4.78 is 0. The smallest absolute Gasteiger partial charge is 0.220 e. The van der Waals surface area contributed by atoms with Crippen molar-refractivity contribution in [2.45, 2.75) is 91.4 Å². The molecule has 0 unspecified atom stereocenters. The highest BCUT2D eigenvalue weighted by Crippen LogP contribution is 2.00. The third-order valence-electron chi connectivity index (χ3n) is 3.65. The first kappa shape index (κ1) is 26.9. The molecule has 0 heterocycles. The maximum Gasteiger partial charge on any atom is 0.220 e. The summed E-state index contributed by atoms with van der Waals surface area (Å²) in [4.78, 5) is 11.0. The normalized spacial score (nSPS) is 11.2. The van der Waals surface area contributed by atoms with Gasteiger partial charge in [0.2, 0.25) is 5.91 Å². The fourth-order valence-electron chi connectivity index (χ4n) is 2.13. The first-order chi connectivity index (χ1) is 12.7. The van der Waals surface area contributed by atoms with Gasteiger partial charge < -0.3 is 10.4 Å². The summed E-state index contributed by atoms with van der Waals surface area (Å²) in [5, 5.41) is 11.1. The van der Waals surface area contributed by atoms with Crippen molar-refractivity contribution in [3.05, 3.63) is 36.5 Å². The summed E-state index contributed by atoms with van der Waals surface area (Å²) in [5.74, 6) is 0.0305. The van der Waals surface area contributed by atoms with E-state index in [1.54, 1.807) is 0 Å². The van der Waals surface area contributed by atoms with Crippen molar-refractivity contribution >= 4 is 5.91 Å². The van der Waals surface area contributed by atoms with Gasteiger partial charge in [0.25, 0.3) is 0 Å². The number of amides is 1. The van der Waals surface area contributed by atoms with Gasteiger partial charge in [0.1, 0.15) is 0 Å². The molecule has 0 aliphatic carbocycles. The van der Waals surface area contributed by atoms with Crippen molar-refractivity contribution in [1.82, 2.24) is 5.32 Å². The van der Waals surface area contributed by atoms with Crippen LogP contribution in [0.3, 0.4) is 0 Å². The van der Waals surface area contributed by atoms with Gasteiger partial charge in [-0.2, -0.15) is 0 Å². The first-order valence-corrected chi connectivity index (χ1v) is 10.5. The third kappa shape index (κ3) is 27.5. The molecular weight excluding hydrogens is 322 g/mol. The maximum absolute atomic E-state index is 11.0. The van der Waals surface area contributed by atoms with E-state index in [0.29, 0.717) is 13.0 Å². The molecule has 0 aromatic rings. The van der Waals surface area contributed by atoms with Gasteiger partial charge in [0.05, 0.1) is 6.61 Å². The average molecular weight is 366 g/mol. The molecule has 0 spiro atoms. The average Bonchev–Trinajstić information content (AvgIpc) is 2.65. The minimum atomic E-state index is 0.0160. The molecule has 0 saturated carbocycles. The molecule has 3 nitrogen and oxygen atoms in total. The molecular formula is C23H43NO2. The van der Waals surface area contributed by atoms with E-state index in [-0.39, 0.29) is 12.5 Å². The number of unbranched alkanes of at least 4 members (excludes halogenated alkanes) is 5. The molecule has 0 atom stereocenters. The van der Waals surface area contributed by atoms with Crippen LogP contribution in [0.25, 0.3) is 0 Å². The van der Waals surface area contributed by atoms with Crippen LogP contribution in [0, 0.1) is 0 Å². The van der Waals surface area contributed by atoms with Crippen molar-refractivity contribution in [1.29, 1.82) is 0 Å². The summed E-state index contributed by atoms with van der Waals surface area (Å²) in [5.41, 5.74) is 0. The second-order valence-corrected chi connectivity index (χ2v) is 6.31. The lowest BCUT2D eigenvalue weighted by atomic mass is 10.2. The summed E-state index contributed by atoms with van der Waals surface area (Å²) in [6, 6.07) is 0. The second-order valence-electron chi connectivity index (χ2n) is 6.31. The number of nitrogens with one attached hydrogen (secondary N) is 1. The number of carbonyl (C=O) groups is 1. The van der Waals surface area contributed by atoms with Gasteiger partial charge in [-0.05, 0) is 44.9 Å². The van der Waals surface area contributed by atoms with Crippen molar-refractivity contribution in [2.75, 3.05) is 13.2 Å². The number of rotatable bonds is 15. The van der Waals surface area contributed by atoms with Gasteiger partial charge in [0.15, 0.2) is 0 Å². The zero-order chi connectivity index (χ0) is 19.7. The fraction of sp³-hybridized carbons (Fsp3) is 0.696. The predicted octanol–water partition coefficient (Wildman–Crippen LogP) is 6.10. The molecule has 152 valence electrons.